The van der Waals surface area contributed by atoms with E-state index in [0.29, 0.717) is 6.04 Å². The van der Waals surface area contributed by atoms with E-state index in [-0.39, 0.29) is 10.6 Å². The van der Waals surface area contributed by atoms with Crippen LogP contribution in [0.2, 0.25) is 0 Å². The molecule has 1 aromatic carbocycles. The molecule has 0 aliphatic heterocycles. The molecule has 0 unspecified atom stereocenters. The molecular formula is C16H17N3O2. The molecule has 0 radical (unpaired) electrons. The van der Waals surface area contributed by atoms with Crippen LogP contribution in [0.3, 0.4) is 0 Å². The number of non-ortho nitro benzene ring substituents is 1. The highest BCUT2D eigenvalue weighted by Crippen LogP contribution is 2.21. The average molecular weight is 283 g/mol. The summed E-state index contributed by atoms with van der Waals surface area (Å²) in [6, 6.07) is 11.0. The largest absolute Gasteiger partial charge is 0.316 e. The van der Waals surface area contributed by atoms with Gasteiger partial charge in [-0.25, -0.2) is 0 Å². The average Bonchev–Trinajstić information content (AvgIpc) is 3.16. The van der Waals surface area contributed by atoms with E-state index >= 15 is 0 Å². The molecule has 1 heterocycles. The third-order valence-corrected chi connectivity index (χ3v) is 3.86. The molecule has 1 aromatic heterocycles. The van der Waals surface area contributed by atoms with E-state index < -0.39 is 0 Å². The zero-order chi connectivity index (χ0) is 14.7. The first-order valence-electron chi connectivity index (χ1n) is 7.19. The summed E-state index contributed by atoms with van der Waals surface area (Å²) in [6.45, 7) is 0. The molecule has 1 saturated carbocycles. The van der Waals surface area contributed by atoms with Crippen molar-refractivity contribution in [3.8, 4) is 5.69 Å². The fraction of sp³-hybridized carbons (Fsp3) is 0.312. The van der Waals surface area contributed by atoms with E-state index in [1.165, 1.54) is 37.8 Å². The summed E-state index contributed by atoms with van der Waals surface area (Å²) in [4.78, 5) is 14.9. The molecule has 0 spiro atoms. The van der Waals surface area contributed by atoms with E-state index in [1.807, 2.05) is 29.1 Å². The van der Waals surface area contributed by atoms with Gasteiger partial charge in [-0.2, -0.15) is 0 Å². The predicted octanol–water partition coefficient (Wildman–Crippen LogP) is 3.75. The second-order valence-electron chi connectivity index (χ2n) is 5.29. The van der Waals surface area contributed by atoms with Crippen LogP contribution in [-0.2, 0) is 0 Å². The maximum atomic E-state index is 10.7. The van der Waals surface area contributed by atoms with Gasteiger partial charge in [0.05, 0.1) is 16.7 Å². The summed E-state index contributed by atoms with van der Waals surface area (Å²) in [5.41, 5.74) is 2.00. The third-order valence-electron chi connectivity index (χ3n) is 3.86. The number of aliphatic imine (C=N–C) groups is 1. The fourth-order valence-electron chi connectivity index (χ4n) is 2.70. The minimum Gasteiger partial charge on any atom is -0.316 e. The van der Waals surface area contributed by atoms with Crippen molar-refractivity contribution in [3.63, 3.8) is 0 Å². The lowest BCUT2D eigenvalue weighted by molar-refractivity contribution is -0.384. The van der Waals surface area contributed by atoms with E-state index in [4.69, 9.17) is 0 Å². The molecule has 5 heteroatoms. The Balaban J connectivity index is 1.82. The second kappa shape index (κ2) is 5.91. The van der Waals surface area contributed by atoms with Crippen LogP contribution in [0.1, 0.15) is 31.4 Å². The SMILES string of the molecule is O=[N+]([O-])c1ccc(-n2cccc2C=NC2CCCC2)cc1. The quantitative estimate of drug-likeness (QED) is 0.487. The number of hydrogen-bond acceptors (Lipinski definition) is 3. The Hall–Kier alpha value is -2.43. The lowest BCUT2D eigenvalue weighted by Crippen LogP contribution is -2.01. The second-order valence-corrected chi connectivity index (χ2v) is 5.29. The molecule has 5 nitrogen and oxygen atoms in total. The van der Waals surface area contributed by atoms with Crippen molar-refractivity contribution < 1.29 is 4.92 Å². The number of nitrogens with zero attached hydrogens (tertiary/aromatic N) is 3. The van der Waals surface area contributed by atoms with Crippen molar-refractivity contribution in [2.24, 2.45) is 4.99 Å². The van der Waals surface area contributed by atoms with Gasteiger partial charge < -0.3 is 4.57 Å². The van der Waals surface area contributed by atoms with Gasteiger partial charge in [-0.3, -0.25) is 15.1 Å². The Labute approximate surface area is 123 Å². The molecule has 0 atom stereocenters. The van der Waals surface area contributed by atoms with Crippen LogP contribution < -0.4 is 0 Å². The monoisotopic (exact) mass is 283 g/mol. The van der Waals surface area contributed by atoms with Gasteiger partial charge >= 0.3 is 0 Å². The molecular weight excluding hydrogens is 266 g/mol. The fourth-order valence-corrected chi connectivity index (χ4v) is 2.70. The summed E-state index contributed by atoms with van der Waals surface area (Å²) in [5, 5.41) is 10.7. The maximum absolute atomic E-state index is 10.7. The highest BCUT2D eigenvalue weighted by molar-refractivity contribution is 5.79. The molecule has 2 aromatic rings. The molecule has 1 aliphatic rings. The minimum atomic E-state index is -0.387. The van der Waals surface area contributed by atoms with Crippen LogP contribution in [0.4, 0.5) is 5.69 Å². The van der Waals surface area contributed by atoms with E-state index in [1.54, 1.807) is 12.1 Å². The molecule has 108 valence electrons. The number of nitro benzene ring substituents is 1. The van der Waals surface area contributed by atoms with Crippen molar-refractivity contribution in [3.05, 3.63) is 58.4 Å². The van der Waals surface area contributed by atoms with Crippen molar-refractivity contribution >= 4 is 11.9 Å². The molecule has 1 aliphatic carbocycles. The van der Waals surface area contributed by atoms with Crippen LogP contribution in [0, 0.1) is 10.1 Å². The zero-order valence-electron chi connectivity index (χ0n) is 11.7. The predicted molar refractivity (Wildman–Crippen MR) is 82.3 cm³/mol. The Morgan fingerprint density at radius 3 is 2.57 bits per heavy atom. The topological polar surface area (TPSA) is 60.4 Å². The minimum absolute atomic E-state index is 0.104. The molecule has 3 rings (SSSR count). The van der Waals surface area contributed by atoms with Crippen LogP contribution in [0.15, 0.2) is 47.6 Å². The Kier molecular flexibility index (Phi) is 3.81. The van der Waals surface area contributed by atoms with Crippen molar-refractivity contribution in [2.75, 3.05) is 0 Å². The van der Waals surface area contributed by atoms with E-state index in [9.17, 15) is 10.1 Å². The Morgan fingerprint density at radius 1 is 1.19 bits per heavy atom. The van der Waals surface area contributed by atoms with Crippen LogP contribution in [-0.4, -0.2) is 21.7 Å². The van der Waals surface area contributed by atoms with Crippen molar-refractivity contribution in [1.29, 1.82) is 0 Å². The summed E-state index contributed by atoms with van der Waals surface area (Å²) >= 11 is 0. The van der Waals surface area contributed by atoms with Crippen molar-refractivity contribution in [2.45, 2.75) is 31.7 Å². The Bertz CT molecular complexity index is 652. The number of hydrogen-bond donors (Lipinski definition) is 0. The van der Waals surface area contributed by atoms with Crippen LogP contribution in [0.5, 0.6) is 0 Å². The molecule has 0 N–H and O–H groups in total. The summed E-state index contributed by atoms with van der Waals surface area (Å²) < 4.78 is 1.99. The normalized spacial score (nSPS) is 15.8. The van der Waals surface area contributed by atoms with Crippen LogP contribution in [0.25, 0.3) is 5.69 Å². The summed E-state index contributed by atoms with van der Waals surface area (Å²) in [6.07, 6.45) is 8.74. The molecule has 1 fully saturated rings. The van der Waals surface area contributed by atoms with Gasteiger partial charge in [-0.15, -0.1) is 0 Å². The summed E-state index contributed by atoms with van der Waals surface area (Å²) in [7, 11) is 0. The van der Waals surface area contributed by atoms with Gasteiger partial charge in [0.15, 0.2) is 0 Å². The van der Waals surface area contributed by atoms with Gasteiger partial charge in [0, 0.05) is 30.2 Å². The maximum Gasteiger partial charge on any atom is 0.269 e. The molecule has 0 saturated heterocycles. The number of benzene rings is 1. The van der Waals surface area contributed by atoms with Gasteiger partial charge in [0.25, 0.3) is 5.69 Å². The lowest BCUT2D eigenvalue weighted by atomic mass is 10.2. The number of nitro groups is 1. The molecule has 21 heavy (non-hydrogen) atoms. The smallest absolute Gasteiger partial charge is 0.269 e. The lowest BCUT2D eigenvalue weighted by Gasteiger charge is -2.07. The highest BCUT2D eigenvalue weighted by atomic mass is 16.6. The molecule has 0 bridgehead atoms. The summed E-state index contributed by atoms with van der Waals surface area (Å²) in [5.74, 6) is 0. The molecule has 0 amide bonds. The van der Waals surface area contributed by atoms with E-state index in [0.717, 1.165) is 11.4 Å². The first-order valence-corrected chi connectivity index (χ1v) is 7.19. The number of rotatable bonds is 4. The Morgan fingerprint density at radius 2 is 1.90 bits per heavy atom. The first-order chi connectivity index (χ1) is 10.2. The van der Waals surface area contributed by atoms with Crippen LogP contribution >= 0.6 is 0 Å². The number of aromatic nitrogens is 1. The third kappa shape index (κ3) is 3.02. The first kappa shape index (κ1) is 13.5. The highest BCUT2D eigenvalue weighted by Gasteiger charge is 2.13. The van der Waals surface area contributed by atoms with Gasteiger partial charge in [0.2, 0.25) is 0 Å². The zero-order valence-corrected chi connectivity index (χ0v) is 11.7. The van der Waals surface area contributed by atoms with Crippen molar-refractivity contribution in [1.82, 2.24) is 4.57 Å². The van der Waals surface area contributed by atoms with Gasteiger partial charge in [-0.05, 0) is 37.1 Å². The standard InChI is InChI=1S/C16H17N3O2/c20-19(21)15-9-7-14(8-10-15)18-11-3-6-16(18)12-17-13-4-1-2-5-13/h3,6-13H,1-2,4-5H2. The van der Waals surface area contributed by atoms with Gasteiger partial charge in [0.1, 0.15) is 0 Å². The van der Waals surface area contributed by atoms with E-state index in [2.05, 4.69) is 4.99 Å². The van der Waals surface area contributed by atoms with Gasteiger partial charge in [-0.1, -0.05) is 12.8 Å².